The Morgan fingerprint density at radius 1 is 0.615 bits per heavy atom. The van der Waals surface area contributed by atoms with E-state index >= 15 is 0 Å². The fourth-order valence-corrected chi connectivity index (χ4v) is 7.01. The molecule has 6 heteroatoms. The van der Waals surface area contributed by atoms with Gasteiger partial charge in [-0.1, -0.05) is 115 Å². The van der Waals surface area contributed by atoms with Gasteiger partial charge in [0.2, 0.25) is 5.71 Å². The fourth-order valence-electron chi connectivity index (χ4n) is 7.01. The molecule has 3 aromatic heterocycles. The molecule has 0 spiro atoms. The van der Waals surface area contributed by atoms with Crippen LogP contribution in [0, 0.1) is 5.41 Å². The van der Waals surface area contributed by atoms with Crippen LogP contribution in [0.3, 0.4) is 0 Å². The van der Waals surface area contributed by atoms with E-state index in [1.165, 1.54) is 0 Å². The zero-order valence-corrected chi connectivity index (χ0v) is 28.2. The zero-order chi connectivity index (χ0) is 35.0. The lowest BCUT2D eigenvalue weighted by Crippen LogP contribution is -2.47. The van der Waals surface area contributed by atoms with Crippen molar-refractivity contribution in [3.63, 3.8) is 0 Å². The molecule has 0 fully saturated rings. The number of nitrogens with one attached hydrogen (secondary N) is 2. The highest BCUT2D eigenvalue weighted by Crippen LogP contribution is 2.39. The summed E-state index contributed by atoms with van der Waals surface area (Å²) in [7, 11) is 0. The van der Waals surface area contributed by atoms with Crippen LogP contribution in [0.1, 0.15) is 22.4 Å². The summed E-state index contributed by atoms with van der Waals surface area (Å²) in [6, 6.07) is 45.3. The number of aromatic nitrogens is 3. The van der Waals surface area contributed by atoms with Gasteiger partial charge in [-0.15, -0.1) is 0 Å². The van der Waals surface area contributed by atoms with Gasteiger partial charge in [-0.25, -0.2) is 9.97 Å². The van der Waals surface area contributed by atoms with Crippen LogP contribution in [-0.4, -0.2) is 32.9 Å². The van der Waals surface area contributed by atoms with E-state index in [9.17, 15) is 0 Å². The van der Waals surface area contributed by atoms with Gasteiger partial charge < -0.3 is 5.32 Å². The lowest BCUT2D eigenvalue weighted by Gasteiger charge is -2.21. The summed E-state index contributed by atoms with van der Waals surface area (Å²) < 4.78 is 0. The SMILES string of the molecule is N=C1C(=[NH2+])c2c(c(-c3ccccc3)nc3cc(-c4ccc(-c5cc(C6=CC=CCN6)nc(-c6ccccn6)c5)cc4)ccc23)C=C1c1ccccc1. The van der Waals surface area contributed by atoms with Crippen LogP contribution in [0.2, 0.25) is 0 Å². The number of hydrogen-bond donors (Lipinski definition) is 3. The van der Waals surface area contributed by atoms with Crippen LogP contribution in [0.15, 0.2) is 158 Å². The van der Waals surface area contributed by atoms with Gasteiger partial charge >= 0.3 is 0 Å². The minimum atomic E-state index is 0.322. The summed E-state index contributed by atoms with van der Waals surface area (Å²) in [4.78, 5) is 14.8. The first-order valence-electron chi connectivity index (χ1n) is 17.3. The van der Waals surface area contributed by atoms with Crippen LogP contribution in [0.25, 0.3) is 73.1 Å². The second-order valence-corrected chi connectivity index (χ2v) is 12.9. The van der Waals surface area contributed by atoms with Gasteiger partial charge in [-0.05, 0) is 70.3 Å². The number of benzene rings is 4. The molecule has 52 heavy (non-hydrogen) atoms. The number of allylic oxidation sites excluding steroid dienone is 3. The van der Waals surface area contributed by atoms with Crippen molar-refractivity contribution in [3.05, 3.63) is 180 Å². The number of hydrogen-bond acceptors (Lipinski definition) is 5. The third-order valence-electron chi connectivity index (χ3n) is 9.64. The summed E-state index contributed by atoms with van der Waals surface area (Å²) in [5, 5.41) is 20.3. The molecule has 2 aliphatic rings. The van der Waals surface area contributed by atoms with Crippen LogP contribution in [0.4, 0.5) is 0 Å². The van der Waals surface area contributed by atoms with Crippen molar-refractivity contribution in [2.75, 3.05) is 6.54 Å². The Morgan fingerprint density at radius 3 is 2.02 bits per heavy atom. The minimum Gasteiger partial charge on any atom is -0.380 e. The lowest BCUT2D eigenvalue weighted by atomic mass is 9.82. The third kappa shape index (κ3) is 5.62. The van der Waals surface area contributed by atoms with Crippen molar-refractivity contribution < 1.29 is 5.41 Å². The molecule has 4 aromatic carbocycles. The summed E-state index contributed by atoms with van der Waals surface area (Å²) in [5.74, 6) is 0. The molecular weight excluding hydrogens is 637 g/mol. The number of nitrogens with zero attached hydrogens (tertiary/aromatic N) is 3. The molecule has 0 unspecified atom stereocenters. The molecule has 4 N–H and O–H groups in total. The molecule has 246 valence electrons. The molecule has 1 aliphatic carbocycles. The van der Waals surface area contributed by atoms with Gasteiger partial charge in [0.15, 0.2) is 0 Å². The van der Waals surface area contributed by atoms with Gasteiger partial charge in [0.05, 0.1) is 39.6 Å². The van der Waals surface area contributed by atoms with Gasteiger partial charge in [-0.3, -0.25) is 15.8 Å². The summed E-state index contributed by atoms with van der Waals surface area (Å²) in [5.41, 5.74) is 14.7. The standard InChI is InChI=1S/C46H32N6/c47-44-36(31-11-3-1-4-12-31)28-37-43(45(44)48)35-22-21-33(25-40(35)52-46(37)32-13-5-2-6-14-32)29-17-19-30(20-18-29)34-26-41(38-15-7-9-23-49-38)51-42(27-34)39-16-8-10-24-50-39/h1-23,25-28,47-48,50H,24H2/p+1. The summed E-state index contributed by atoms with van der Waals surface area (Å²) in [6.07, 6.45) is 10.1. The van der Waals surface area contributed by atoms with Crippen LogP contribution >= 0.6 is 0 Å². The van der Waals surface area contributed by atoms with Gasteiger partial charge in [0, 0.05) is 34.8 Å². The van der Waals surface area contributed by atoms with Crippen molar-refractivity contribution in [3.8, 4) is 44.9 Å². The average molecular weight is 670 g/mol. The molecule has 9 rings (SSSR count). The van der Waals surface area contributed by atoms with Crippen molar-refractivity contribution in [2.24, 2.45) is 0 Å². The second-order valence-electron chi connectivity index (χ2n) is 12.9. The number of dihydropyridines is 1. The third-order valence-corrected chi connectivity index (χ3v) is 9.64. The Kier molecular flexibility index (Phi) is 7.75. The normalized spacial score (nSPS) is 13.7. The highest BCUT2D eigenvalue weighted by Gasteiger charge is 2.31. The quantitative estimate of drug-likeness (QED) is 0.166. The maximum absolute atomic E-state index is 9.10. The first kappa shape index (κ1) is 31.0. The Hall–Kier alpha value is -7.05. The highest BCUT2D eigenvalue weighted by molar-refractivity contribution is 6.63. The first-order valence-corrected chi connectivity index (χ1v) is 17.3. The summed E-state index contributed by atoms with van der Waals surface area (Å²) >= 11 is 0. The number of pyridine rings is 3. The van der Waals surface area contributed by atoms with Gasteiger partial charge in [-0.2, -0.15) is 0 Å². The van der Waals surface area contributed by atoms with E-state index < -0.39 is 0 Å². The Bertz CT molecular complexity index is 2620. The highest BCUT2D eigenvalue weighted by atomic mass is 14.9. The number of rotatable bonds is 6. The maximum Gasteiger partial charge on any atom is 0.231 e. The number of nitrogens with two attached hydrogens (primary N) is 1. The van der Waals surface area contributed by atoms with Crippen molar-refractivity contribution in [2.45, 2.75) is 0 Å². The topological polar surface area (TPSA) is 100 Å². The second kappa shape index (κ2) is 13.0. The predicted octanol–water partition coefficient (Wildman–Crippen LogP) is 8.32. The van der Waals surface area contributed by atoms with Crippen LogP contribution < -0.4 is 10.7 Å². The molecule has 0 radical (unpaired) electrons. The zero-order valence-electron chi connectivity index (χ0n) is 28.2. The monoisotopic (exact) mass is 669 g/mol. The molecule has 0 amide bonds. The van der Waals surface area contributed by atoms with E-state index in [2.05, 4.69) is 101 Å². The Labute approximate surface area is 301 Å². The smallest absolute Gasteiger partial charge is 0.231 e. The largest absolute Gasteiger partial charge is 0.380 e. The fraction of sp³-hybridized carbons (Fsp3) is 0.0217. The van der Waals surface area contributed by atoms with Crippen molar-refractivity contribution in [1.29, 1.82) is 5.41 Å². The Balaban J connectivity index is 1.14. The van der Waals surface area contributed by atoms with Crippen LogP contribution in [0.5, 0.6) is 0 Å². The molecule has 6 nitrogen and oxygen atoms in total. The first-order chi connectivity index (χ1) is 25.6. The molecule has 0 atom stereocenters. The number of fused-ring (bicyclic) bond motifs is 3. The minimum absolute atomic E-state index is 0.322. The van der Waals surface area contributed by atoms with Crippen LogP contribution in [-0.2, 0) is 0 Å². The molecule has 0 saturated heterocycles. The molecule has 0 saturated carbocycles. The van der Waals surface area contributed by atoms with Gasteiger partial charge in [0.1, 0.15) is 5.71 Å². The molecule has 1 aliphatic heterocycles. The summed E-state index contributed by atoms with van der Waals surface area (Å²) in [6.45, 7) is 0.764. The van der Waals surface area contributed by atoms with E-state index in [1.807, 2.05) is 66.7 Å². The maximum atomic E-state index is 9.10. The lowest BCUT2D eigenvalue weighted by molar-refractivity contribution is -0.109. The van der Waals surface area contributed by atoms with Crippen molar-refractivity contribution >= 4 is 39.7 Å². The van der Waals surface area contributed by atoms with E-state index in [1.54, 1.807) is 6.20 Å². The van der Waals surface area contributed by atoms with E-state index in [-0.39, 0.29) is 0 Å². The molecular formula is C46H33N6+. The van der Waals surface area contributed by atoms with E-state index in [0.717, 1.165) is 96.0 Å². The van der Waals surface area contributed by atoms with E-state index in [0.29, 0.717) is 11.4 Å². The predicted molar refractivity (Wildman–Crippen MR) is 212 cm³/mol. The van der Waals surface area contributed by atoms with E-state index in [4.69, 9.17) is 20.8 Å². The van der Waals surface area contributed by atoms with Gasteiger partial charge in [0.25, 0.3) is 0 Å². The molecule has 0 bridgehead atoms. The Morgan fingerprint density at radius 2 is 1.31 bits per heavy atom. The molecule has 7 aromatic rings. The average Bonchev–Trinajstić information content (AvgIpc) is 3.22. The van der Waals surface area contributed by atoms with Crippen molar-refractivity contribution in [1.82, 2.24) is 20.3 Å². The molecule has 4 heterocycles.